The Morgan fingerprint density at radius 3 is 2.57 bits per heavy atom. The van der Waals surface area contributed by atoms with E-state index >= 15 is 0 Å². The van der Waals surface area contributed by atoms with Gasteiger partial charge in [0.25, 0.3) is 0 Å². The van der Waals surface area contributed by atoms with Crippen molar-refractivity contribution < 1.29 is 13.2 Å². The van der Waals surface area contributed by atoms with Crippen LogP contribution in [-0.2, 0) is 12.6 Å². The van der Waals surface area contributed by atoms with E-state index in [0.29, 0.717) is 23.9 Å². The number of aromatic nitrogens is 1. The summed E-state index contributed by atoms with van der Waals surface area (Å²) in [5, 5.41) is 7.69. The molecule has 1 heterocycles. The van der Waals surface area contributed by atoms with Gasteiger partial charge in [0.1, 0.15) is 0 Å². The van der Waals surface area contributed by atoms with Gasteiger partial charge in [-0.15, -0.1) is 35.3 Å². The second-order valence-electron chi connectivity index (χ2n) is 4.43. The molecule has 9 heteroatoms. The molecule has 1 aromatic rings. The first-order valence-corrected chi connectivity index (χ1v) is 7.27. The zero-order chi connectivity index (χ0) is 15.2. The van der Waals surface area contributed by atoms with E-state index in [1.54, 1.807) is 0 Å². The molecule has 0 aromatic carbocycles. The summed E-state index contributed by atoms with van der Waals surface area (Å²) in [4.78, 5) is 7.87. The van der Waals surface area contributed by atoms with Crippen molar-refractivity contribution in [3.8, 4) is 0 Å². The first kappa shape index (κ1) is 20.4. The summed E-state index contributed by atoms with van der Waals surface area (Å²) in [6.07, 6.45) is -3.97. The number of guanidine groups is 1. The second kappa shape index (κ2) is 9.44. The van der Waals surface area contributed by atoms with Crippen molar-refractivity contribution in [1.29, 1.82) is 0 Å². The van der Waals surface area contributed by atoms with Crippen LogP contribution >= 0.6 is 35.3 Å². The van der Waals surface area contributed by atoms with E-state index in [2.05, 4.69) is 20.6 Å². The number of aliphatic imine (C=N–C) groups is 1. The van der Waals surface area contributed by atoms with Crippen LogP contribution in [0, 0.1) is 0 Å². The topological polar surface area (TPSA) is 49.3 Å². The normalized spacial score (nSPS) is 12.2. The molecule has 0 saturated heterocycles. The van der Waals surface area contributed by atoms with Crippen LogP contribution in [0.25, 0.3) is 0 Å². The smallest absolute Gasteiger partial charge is 0.357 e. The van der Waals surface area contributed by atoms with Crippen LogP contribution in [-0.4, -0.2) is 30.1 Å². The Balaban J connectivity index is 0.00000400. The van der Waals surface area contributed by atoms with E-state index in [9.17, 15) is 13.2 Å². The fourth-order valence-electron chi connectivity index (χ4n) is 1.41. The predicted octanol–water partition coefficient (Wildman–Crippen LogP) is 3.29. The summed E-state index contributed by atoms with van der Waals surface area (Å²) >= 11 is 1.01. The summed E-state index contributed by atoms with van der Waals surface area (Å²) in [5.41, 5.74) is -0.825. The summed E-state index contributed by atoms with van der Waals surface area (Å²) in [6.45, 7) is 7.06. The fourth-order valence-corrected chi connectivity index (χ4v) is 2.21. The third kappa shape index (κ3) is 7.84. The van der Waals surface area contributed by atoms with Crippen molar-refractivity contribution in [2.45, 2.75) is 39.4 Å². The minimum Gasteiger partial charge on any atom is -0.357 e. The molecule has 122 valence electrons. The summed E-state index contributed by atoms with van der Waals surface area (Å²) in [7, 11) is 0. The highest BCUT2D eigenvalue weighted by Crippen LogP contribution is 2.30. The van der Waals surface area contributed by atoms with Crippen molar-refractivity contribution >= 4 is 41.3 Å². The lowest BCUT2D eigenvalue weighted by molar-refractivity contribution is -0.140. The van der Waals surface area contributed by atoms with Crippen LogP contribution in [0.15, 0.2) is 10.4 Å². The van der Waals surface area contributed by atoms with Crippen molar-refractivity contribution in [1.82, 2.24) is 15.6 Å². The maximum absolute atomic E-state index is 12.4. The zero-order valence-corrected chi connectivity index (χ0v) is 15.3. The molecule has 4 nitrogen and oxygen atoms in total. The molecule has 21 heavy (non-hydrogen) atoms. The number of hydrogen-bond donors (Lipinski definition) is 2. The van der Waals surface area contributed by atoms with Gasteiger partial charge < -0.3 is 10.6 Å². The van der Waals surface area contributed by atoms with Crippen LogP contribution in [0.3, 0.4) is 0 Å². The van der Waals surface area contributed by atoms with Gasteiger partial charge in [-0.2, -0.15) is 13.2 Å². The zero-order valence-electron chi connectivity index (χ0n) is 12.1. The third-order valence-electron chi connectivity index (χ3n) is 2.21. The Morgan fingerprint density at radius 1 is 1.43 bits per heavy atom. The van der Waals surface area contributed by atoms with E-state index in [1.807, 2.05) is 20.8 Å². The average Bonchev–Trinajstić information content (AvgIpc) is 2.77. The van der Waals surface area contributed by atoms with Crippen LogP contribution in [0.1, 0.15) is 31.5 Å². The van der Waals surface area contributed by atoms with E-state index < -0.39 is 11.9 Å². The van der Waals surface area contributed by atoms with Gasteiger partial charge in [-0.1, -0.05) is 0 Å². The molecule has 0 spiro atoms. The van der Waals surface area contributed by atoms with Gasteiger partial charge in [-0.25, -0.2) is 4.98 Å². The number of thiazole rings is 1. The summed E-state index contributed by atoms with van der Waals surface area (Å²) in [5.74, 6) is 0.662. The molecule has 0 fully saturated rings. The quantitative estimate of drug-likeness (QED) is 0.423. The Labute approximate surface area is 143 Å². The first-order valence-electron chi connectivity index (χ1n) is 6.39. The SMILES string of the molecule is CCNC(=NCCc1nc(C(F)(F)F)cs1)NC(C)C.I. The Morgan fingerprint density at radius 2 is 2.10 bits per heavy atom. The minimum absolute atomic E-state index is 0. The Bertz CT molecular complexity index is 446. The maximum atomic E-state index is 12.4. The number of hydrogen-bond acceptors (Lipinski definition) is 3. The monoisotopic (exact) mass is 436 g/mol. The van der Waals surface area contributed by atoms with Crippen molar-refractivity contribution in [3.05, 3.63) is 16.1 Å². The summed E-state index contributed by atoms with van der Waals surface area (Å²) < 4.78 is 37.2. The molecular formula is C12H20F3IN4S. The molecule has 0 aliphatic carbocycles. The van der Waals surface area contributed by atoms with E-state index in [4.69, 9.17) is 0 Å². The molecule has 0 amide bonds. The Hall–Kier alpha value is -0.580. The van der Waals surface area contributed by atoms with E-state index in [1.165, 1.54) is 0 Å². The molecule has 2 N–H and O–H groups in total. The van der Waals surface area contributed by atoms with Crippen molar-refractivity contribution in [3.63, 3.8) is 0 Å². The average molecular weight is 436 g/mol. The standard InChI is InChI=1S/C12H19F3N4S.HI/c1-4-16-11(18-8(2)3)17-6-5-10-19-9(7-20-10)12(13,14)15;/h7-8H,4-6H2,1-3H3,(H2,16,17,18);1H. The largest absolute Gasteiger partial charge is 0.434 e. The molecule has 0 aliphatic heterocycles. The highest BCUT2D eigenvalue weighted by Gasteiger charge is 2.33. The molecule has 1 rings (SSSR count). The molecule has 1 aromatic heterocycles. The van der Waals surface area contributed by atoms with Crippen molar-refractivity contribution in [2.24, 2.45) is 4.99 Å². The van der Waals surface area contributed by atoms with Gasteiger partial charge >= 0.3 is 6.18 Å². The van der Waals surface area contributed by atoms with Crippen molar-refractivity contribution in [2.75, 3.05) is 13.1 Å². The minimum atomic E-state index is -4.37. The highest BCUT2D eigenvalue weighted by molar-refractivity contribution is 14.0. The number of nitrogens with zero attached hydrogens (tertiary/aromatic N) is 2. The lowest BCUT2D eigenvalue weighted by Crippen LogP contribution is -2.41. The maximum Gasteiger partial charge on any atom is 0.434 e. The third-order valence-corrected chi connectivity index (χ3v) is 3.12. The number of halogens is 4. The molecule has 0 atom stereocenters. The second-order valence-corrected chi connectivity index (χ2v) is 5.38. The molecular weight excluding hydrogens is 416 g/mol. The lowest BCUT2D eigenvalue weighted by Gasteiger charge is -2.13. The molecule has 0 aliphatic rings. The van der Waals surface area contributed by atoms with Gasteiger partial charge in [0.05, 0.1) is 5.01 Å². The molecule has 0 radical (unpaired) electrons. The number of alkyl halides is 3. The van der Waals surface area contributed by atoms with Crippen LogP contribution in [0.4, 0.5) is 13.2 Å². The van der Waals surface area contributed by atoms with Crippen LogP contribution < -0.4 is 10.6 Å². The van der Waals surface area contributed by atoms with Gasteiger partial charge in [-0.3, -0.25) is 4.99 Å². The molecule has 0 unspecified atom stereocenters. The molecule has 0 saturated carbocycles. The van der Waals surface area contributed by atoms with Gasteiger partial charge in [0.15, 0.2) is 11.7 Å². The summed E-state index contributed by atoms with van der Waals surface area (Å²) in [6, 6.07) is 0.240. The van der Waals surface area contributed by atoms with E-state index in [0.717, 1.165) is 23.3 Å². The lowest BCUT2D eigenvalue weighted by atomic mass is 10.4. The van der Waals surface area contributed by atoms with Gasteiger partial charge in [0, 0.05) is 30.9 Å². The fraction of sp³-hybridized carbons (Fsp3) is 0.667. The Kier molecular flexibility index (Phi) is 9.18. The predicted molar refractivity (Wildman–Crippen MR) is 90.5 cm³/mol. The van der Waals surface area contributed by atoms with Gasteiger partial charge in [0.2, 0.25) is 0 Å². The molecule has 0 bridgehead atoms. The number of nitrogens with one attached hydrogen (secondary N) is 2. The van der Waals surface area contributed by atoms with Gasteiger partial charge in [-0.05, 0) is 20.8 Å². The number of rotatable bonds is 5. The highest BCUT2D eigenvalue weighted by atomic mass is 127. The van der Waals surface area contributed by atoms with Crippen LogP contribution in [0.5, 0.6) is 0 Å². The first-order chi connectivity index (χ1) is 9.32. The van der Waals surface area contributed by atoms with Crippen LogP contribution in [0.2, 0.25) is 0 Å². The van der Waals surface area contributed by atoms with E-state index in [-0.39, 0.29) is 30.0 Å².